The second kappa shape index (κ2) is 7.43. The van der Waals surface area contributed by atoms with Gasteiger partial charge in [-0.15, -0.1) is 0 Å². The number of carbonyl (C=O) groups is 1. The van der Waals surface area contributed by atoms with Crippen LogP contribution in [0.2, 0.25) is 0 Å². The first-order chi connectivity index (χ1) is 12.3. The van der Waals surface area contributed by atoms with Crippen LogP contribution in [0.15, 0.2) is 70.2 Å². The average molecular weight is 434 g/mol. The molecular formula is C18H16BrN3O3S. The fraction of sp³-hybridized carbons (Fsp3) is 0.111. The summed E-state index contributed by atoms with van der Waals surface area (Å²) < 4.78 is 26.4. The van der Waals surface area contributed by atoms with Gasteiger partial charge in [0, 0.05) is 16.8 Å². The first kappa shape index (κ1) is 18.3. The summed E-state index contributed by atoms with van der Waals surface area (Å²) >= 11 is 3.39. The Morgan fingerprint density at radius 3 is 2.50 bits per heavy atom. The Labute approximate surface area is 159 Å². The van der Waals surface area contributed by atoms with Crippen molar-refractivity contribution in [3.63, 3.8) is 0 Å². The van der Waals surface area contributed by atoms with E-state index in [1.54, 1.807) is 29.1 Å². The van der Waals surface area contributed by atoms with E-state index >= 15 is 0 Å². The molecule has 1 amide bonds. The molecule has 134 valence electrons. The number of benzene rings is 2. The summed E-state index contributed by atoms with van der Waals surface area (Å²) in [6, 6.07) is 15.6. The number of rotatable bonds is 5. The first-order valence-electron chi connectivity index (χ1n) is 7.71. The van der Waals surface area contributed by atoms with E-state index in [0.717, 1.165) is 16.3 Å². The van der Waals surface area contributed by atoms with Crippen LogP contribution in [0.3, 0.4) is 0 Å². The van der Waals surface area contributed by atoms with Gasteiger partial charge in [0.05, 0.1) is 23.2 Å². The highest BCUT2D eigenvalue weighted by Gasteiger charge is 2.19. The van der Waals surface area contributed by atoms with Gasteiger partial charge in [-0.3, -0.25) is 4.79 Å². The molecule has 0 unspecified atom stereocenters. The predicted octanol–water partition coefficient (Wildman–Crippen LogP) is 3.35. The zero-order chi connectivity index (χ0) is 18.7. The topological polar surface area (TPSA) is 81.1 Å². The van der Waals surface area contributed by atoms with Crippen LogP contribution in [0.4, 0.5) is 5.82 Å². The number of halogens is 1. The van der Waals surface area contributed by atoms with Gasteiger partial charge in [-0.2, -0.15) is 5.10 Å². The third kappa shape index (κ3) is 4.20. The lowest BCUT2D eigenvalue weighted by atomic mass is 10.2. The van der Waals surface area contributed by atoms with Crippen LogP contribution in [-0.4, -0.2) is 30.4 Å². The van der Waals surface area contributed by atoms with E-state index in [0.29, 0.717) is 12.4 Å². The van der Waals surface area contributed by atoms with E-state index in [4.69, 9.17) is 0 Å². The van der Waals surface area contributed by atoms with Gasteiger partial charge in [-0.25, -0.2) is 13.1 Å². The lowest BCUT2D eigenvalue weighted by molar-refractivity contribution is 0.102. The van der Waals surface area contributed by atoms with Crippen LogP contribution in [0.25, 0.3) is 0 Å². The monoisotopic (exact) mass is 433 g/mol. The van der Waals surface area contributed by atoms with Crippen molar-refractivity contribution in [2.75, 3.05) is 11.6 Å². The lowest BCUT2D eigenvalue weighted by Crippen LogP contribution is -2.18. The van der Waals surface area contributed by atoms with Gasteiger partial charge in [-0.05, 0) is 29.8 Å². The molecule has 0 bridgehead atoms. The van der Waals surface area contributed by atoms with Gasteiger partial charge in [0.25, 0.3) is 5.91 Å². The number of nitrogens with zero attached hydrogens (tertiary/aromatic N) is 2. The minimum absolute atomic E-state index is 0.00326. The smallest absolute Gasteiger partial charge is 0.258 e. The summed E-state index contributed by atoms with van der Waals surface area (Å²) in [6.07, 6.45) is 2.66. The fourth-order valence-corrected chi connectivity index (χ4v) is 3.64. The highest BCUT2D eigenvalue weighted by molar-refractivity contribution is 9.10. The summed E-state index contributed by atoms with van der Waals surface area (Å²) in [5.74, 6) is -0.00944. The van der Waals surface area contributed by atoms with Crippen LogP contribution in [0.1, 0.15) is 15.9 Å². The number of hydrogen-bond donors (Lipinski definition) is 1. The second-order valence-corrected chi connectivity index (χ2v) is 8.62. The minimum Gasteiger partial charge on any atom is -0.307 e. The van der Waals surface area contributed by atoms with Gasteiger partial charge in [0.2, 0.25) is 0 Å². The molecule has 1 heterocycles. The number of sulfone groups is 1. The van der Waals surface area contributed by atoms with Gasteiger partial charge in [0.1, 0.15) is 5.82 Å². The van der Waals surface area contributed by atoms with Crippen molar-refractivity contribution < 1.29 is 13.2 Å². The van der Waals surface area contributed by atoms with Gasteiger partial charge in [-0.1, -0.05) is 40.2 Å². The van der Waals surface area contributed by atoms with Crippen molar-refractivity contribution >= 4 is 37.5 Å². The molecule has 0 spiro atoms. The molecule has 0 saturated heterocycles. The zero-order valence-electron chi connectivity index (χ0n) is 13.9. The van der Waals surface area contributed by atoms with E-state index in [-0.39, 0.29) is 10.5 Å². The molecule has 1 aromatic heterocycles. The maximum absolute atomic E-state index is 12.6. The van der Waals surface area contributed by atoms with Crippen molar-refractivity contribution in [2.24, 2.45) is 0 Å². The number of nitrogens with one attached hydrogen (secondary N) is 1. The van der Waals surface area contributed by atoms with E-state index in [2.05, 4.69) is 26.3 Å². The van der Waals surface area contributed by atoms with Gasteiger partial charge >= 0.3 is 0 Å². The summed E-state index contributed by atoms with van der Waals surface area (Å²) in [6.45, 7) is 0.476. The average Bonchev–Trinajstić information content (AvgIpc) is 3.03. The molecule has 3 rings (SSSR count). The third-order valence-electron chi connectivity index (χ3n) is 3.73. The molecule has 0 atom stereocenters. The van der Waals surface area contributed by atoms with Crippen molar-refractivity contribution in [2.45, 2.75) is 11.4 Å². The number of carbonyl (C=O) groups excluding carboxylic acids is 1. The Kier molecular flexibility index (Phi) is 5.24. The molecule has 26 heavy (non-hydrogen) atoms. The zero-order valence-corrected chi connectivity index (χ0v) is 16.3. The first-order valence-corrected chi connectivity index (χ1v) is 10.4. The van der Waals surface area contributed by atoms with Crippen molar-refractivity contribution in [1.29, 1.82) is 0 Å². The largest absolute Gasteiger partial charge is 0.307 e. The van der Waals surface area contributed by atoms with E-state index in [1.165, 1.54) is 12.1 Å². The van der Waals surface area contributed by atoms with E-state index in [9.17, 15) is 13.2 Å². The lowest BCUT2D eigenvalue weighted by Gasteiger charge is -2.11. The van der Waals surface area contributed by atoms with Crippen LogP contribution in [0, 0.1) is 0 Å². The van der Waals surface area contributed by atoms with Gasteiger partial charge < -0.3 is 5.32 Å². The predicted molar refractivity (Wildman–Crippen MR) is 103 cm³/mol. The highest BCUT2D eigenvalue weighted by Crippen LogP contribution is 2.18. The van der Waals surface area contributed by atoms with Crippen LogP contribution in [0.5, 0.6) is 0 Å². The molecule has 6 nitrogen and oxygen atoms in total. The summed E-state index contributed by atoms with van der Waals surface area (Å²) in [4.78, 5) is 12.6. The SMILES string of the molecule is CS(=O)(=O)c1ccccc1C(=O)Nc1ccnn1Cc1ccc(Br)cc1. The Bertz CT molecular complexity index is 1040. The minimum atomic E-state index is -3.51. The molecule has 1 N–H and O–H groups in total. The molecule has 0 saturated carbocycles. The van der Waals surface area contributed by atoms with E-state index in [1.807, 2.05) is 24.3 Å². The summed E-state index contributed by atoms with van der Waals surface area (Å²) in [7, 11) is -3.51. The Balaban J connectivity index is 1.84. The quantitative estimate of drug-likeness (QED) is 0.668. The molecule has 0 aliphatic heterocycles. The van der Waals surface area contributed by atoms with Crippen molar-refractivity contribution in [1.82, 2.24) is 9.78 Å². The Morgan fingerprint density at radius 1 is 1.12 bits per heavy atom. The Hall–Kier alpha value is -2.45. The molecule has 0 radical (unpaired) electrons. The normalized spacial score (nSPS) is 11.3. The Morgan fingerprint density at radius 2 is 1.81 bits per heavy atom. The van der Waals surface area contributed by atoms with Gasteiger partial charge in [0.15, 0.2) is 9.84 Å². The molecule has 0 fully saturated rings. The number of aromatic nitrogens is 2. The van der Waals surface area contributed by atoms with Crippen LogP contribution >= 0.6 is 15.9 Å². The molecule has 3 aromatic rings. The number of hydrogen-bond acceptors (Lipinski definition) is 4. The second-order valence-electron chi connectivity index (χ2n) is 5.72. The maximum atomic E-state index is 12.6. The summed E-state index contributed by atoms with van der Waals surface area (Å²) in [5.41, 5.74) is 1.12. The standard InChI is InChI=1S/C18H16BrN3O3S/c1-26(24,25)16-5-3-2-4-15(16)18(23)21-17-10-11-20-22(17)12-13-6-8-14(19)9-7-13/h2-11H,12H2,1H3,(H,21,23). The highest BCUT2D eigenvalue weighted by atomic mass is 79.9. The molecule has 2 aromatic carbocycles. The molecule has 8 heteroatoms. The maximum Gasteiger partial charge on any atom is 0.258 e. The number of anilines is 1. The van der Waals surface area contributed by atoms with Crippen molar-refractivity contribution in [3.05, 3.63) is 76.4 Å². The molecule has 0 aliphatic rings. The van der Waals surface area contributed by atoms with Crippen LogP contribution in [-0.2, 0) is 16.4 Å². The number of amides is 1. The molecule has 0 aliphatic carbocycles. The summed E-state index contributed by atoms with van der Waals surface area (Å²) in [5, 5.41) is 6.96. The fourth-order valence-electron chi connectivity index (χ4n) is 2.49. The van der Waals surface area contributed by atoms with Crippen LogP contribution < -0.4 is 5.32 Å². The van der Waals surface area contributed by atoms with Crippen molar-refractivity contribution in [3.8, 4) is 0 Å². The molecular weight excluding hydrogens is 418 g/mol. The third-order valence-corrected chi connectivity index (χ3v) is 5.42. The van der Waals surface area contributed by atoms with E-state index < -0.39 is 15.7 Å².